The minimum absolute atomic E-state index is 0.0509. The van der Waals surface area contributed by atoms with Crippen LogP contribution in [0.5, 0.6) is 0 Å². The Morgan fingerprint density at radius 2 is 0.812 bits per heavy atom. The van der Waals surface area contributed by atoms with Gasteiger partial charge in [-0.1, -0.05) is 175 Å². The number of nitrogens with zero attached hydrogens (tertiary/aromatic N) is 12. The third-order valence-electron chi connectivity index (χ3n) is 19.1. The number of hydrogen-bond acceptors (Lipinski definition) is 26. The van der Waals surface area contributed by atoms with Crippen molar-refractivity contribution < 1.29 is 90.4 Å². The van der Waals surface area contributed by atoms with E-state index in [1.807, 2.05) is 0 Å². The van der Waals surface area contributed by atoms with E-state index in [1.54, 1.807) is 0 Å². The molecule has 0 unspecified atom stereocenters. The van der Waals surface area contributed by atoms with Gasteiger partial charge in [-0.25, -0.2) is 15.0 Å². The van der Waals surface area contributed by atoms with E-state index >= 15 is 0 Å². The fourth-order valence-electron chi connectivity index (χ4n) is 12.7. The monoisotopic (exact) mass is 1570 g/mol. The molecule has 31 nitrogen and oxygen atoms in total. The zero-order valence-electron chi connectivity index (χ0n) is 65.2. The van der Waals surface area contributed by atoms with Gasteiger partial charge in [0, 0.05) is 57.8 Å². The van der Waals surface area contributed by atoms with E-state index in [0.29, 0.717) is 38.5 Å². The van der Waals surface area contributed by atoms with Gasteiger partial charge in [0.2, 0.25) is 17.1 Å². The summed E-state index contributed by atoms with van der Waals surface area (Å²) >= 11 is 0. The summed E-state index contributed by atoms with van der Waals surface area (Å²) in [5.41, 5.74) is 7.64. The number of imidazole rings is 3. The minimum Gasteiger partial charge on any atom is -0.481 e. The molecule has 0 radical (unpaired) electrons. The number of aliphatic hydroxyl groups excluding tert-OH is 2. The van der Waals surface area contributed by atoms with Crippen LogP contribution in [0.2, 0.25) is 0 Å². The van der Waals surface area contributed by atoms with Gasteiger partial charge in [0.25, 0.3) is 0 Å². The first kappa shape index (κ1) is 91.2. The highest BCUT2D eigenvalue weighted by Crippen LogP contribution is 2.43. The number of unbranched alkanes of at least 4 members (excludes halogenated alkanes) is 18. The van der Waals surface area contributed by atoms with Gasteiger partial charge in [-0.2, -0.15) is 43.1 Å². The first-order valence-corrected chi connectivity index (χ1v) is 39.1. The van der Waals surface area contributed by atoms with E-state index in [4.69, 9.17) is 69.0 Å². The second kappa shape index (κ2) is 46.4. The first-order valence-electron chi connectivity index (χ1n) is 39.1. The largest absolute Gasteiger partial charge is 0.481 e. The van der Waals surface area contributed by atoms with Crippen LogP contribution in [0.1, 0.15) is 272 Å². The van der Waals surface area contributed by atoms with E-state index in [2.05, 4.69) is 109 Å². The van der Waals surface area contributed by atoms with Gasteiger partial charge < -0.3 is 65.3 Å². The summed E-state index contributed by atoms with van der Waals surface area (Å²) in [6.07, 6.45) is 37.3. The number of esters is 4. The van der Waals surface area contributed by atoms with Crippen LogP contribution in [0, 0.1) is 55.3 Å². The third kappa shape index (κ3) is 26.2. The minimum atomic E-state index is -1.58. The number of rotatable bonds is 41. The van der Waals surface area contributed by atoms with Crippen LogP contribution in [-0.2, 0) is 61.9 Å². The summed E-state index contributed by atoms with van der Waals surface area (Å²) in [6, 6.07) is 0. The third-order valence-corrected chi connectivity index (χ3v) is 19.1. The maximum absolute atomic E-state index is 14.6. The number of halogens is 3. The van der Waals surface area contributed by atoms with Gasteiger partial charge in [-0.15, -0.1) is 19.3 Å². The fraction of sp³-hybridized carbons (Fsp3) is 0.654. The molecule has 3 aliphatic rings. The second-order valence-electron chi connectivity index (χ2n) is 27.9. The van der Waals surface area contributed by atoms with Gasteiger partial charge in [0.1, 0.15) is 50.2 Å². The number of carboxylic acid groups (broad SMARTS) is 1. The Labute approximate surface area is 651 Å². The van der Waals surface area contributed by atoms with Crippen molar-refractivity contribution in [2.24, 2.45) is 0 Å². The normalized spacial score (nSPS) is 20.9. The lowest BCUT2D eigenvalue weighted by Crippen LogP contribution is -2.45. The average Bonchev–Trinajstić information content (AvgIpc) is 1.58. The van der Waals surface area contributed by atoms with Crippen molar-refractivity contribution >= 4 is 86.7 Å². The second-order valence-corrected chi connectivity index (χ2v) is 27.9. The van der Waals surface area contributed by atoms with Gasteiger partial charge in [0.15, 0.2) is 56.5 Å². The Balaban J connectivity index is 0.000000259. The Kier molecular flexibility index (Phi) is 37.8. The average molecular weight is 1570 g/mol. The Morgan fingerprint density at radius 1 is 0.482 bits per heavy atom. The standard InChI is InChI=1S/C33H48FN5O6.C26H36FN5O5.C12H12FN5O3.C7H14O2/c1-5-9-12-15-18-25(40)36-30-29-31(38-32(34)37-30)39(23-35-29)26-21-24(44-28(42)20-17-14-11-7-3)33(8-4,45-26)22-43-27(41)19-16-13-10-6-2;1-4-7-9-11-13-20(33)35-16-26(6-3)18(36-21(34)14-12-10-8-5-2)15-19(37-26)32-17-29-22-23(28)30-25(27)31-24(22)32;1-2-12(4-19)6(20)3-7(21-12)18-5-15-8-9(14)16-11(13)17-10(8)18;1-2-3-4-5-6-7(8)9/h4,23-24,26H,5-7,9-22H2,1-3H3,(H,36,37,38,40);3,17-19H,4-5,7-16H2,1-2H3,(H2,28,30,31);1,5-7,19-20H,3-4H2,(H2,14,16,17);2-6H2,1H3,(H,8,9)/t24-,26+,33+;18-,19+,26+;6-,7+,12+;/m000./s1. The highest BCUT2D eigenvalue weighted by molar-refractivity contribution is 5.96. The molecule has 8 N–H and O–H groups in total. The number of aliphatic hydroxyl groups is 2. The summed E-state index contributed by atoms with van der Waals surface area (Å²) in [7, 11) is 0. The van der Waals surface area contributed by atoms with Crippen molar-refractivity contribution in [2.45, 2.75) is 307 Å². The van der Waals surface area contributed by atoms with Crippen molar-refractivity contribution in [1.82, 2.24) is 58.6 Å². The molecule has 6 aromatic heterocycles. The molecular weight excluding hydrogens is 1460 g/mol. The molecule has 3 aliphatic heterocycles. The van der Waals surface area contributed by atoms with Crippen molar-refractivity contribution in [2.75, 3.05) is 36.6 Å². The van der Waals surface area contributed by atoms with Crippen LogP contribution >= 0.6 is 0 Å². The van der Waals surface area contributed by atoms with E-state index in [1.165, 1.54) is 39.1 Å². The number of terminal acetylenes is 3. The number of nitrogens with one attached hydrogen (secondary N) is 1. The van der Waals surface area contributed by atoms with Crippen molar-refractivity contribution in [1.29, 1.82) is 0 Å². The van der Waals surface area contributed by atoms with Crippen LogP contribution in [0.3, 0.4) is 0 Å². The molecule has 0 bridgehead atoms. The van der Waals surface area contributed by atoms with Crippen molar-refractivity contribution in [3.8, 4) is 37.0 Å². The maximum Gasteiger partial charge on any atom is 0.312 e. The number of fused-ring (bicyclic) bond motifs is 3. The van der Waals surface area contributed by atoms with Crippen molar-refractivity contribution in [3.63, 3.8) is 0 Å². The number of anilines is 3. The van der Waals surface area contributed by atoms with Gasteiger partial charge >= 0.3 is 48.1 Å². The maximum atomic E-state index is 14.6. The SMILES string of the molecule is C#C[C@]1(CO)O[C@@H](n2cnc3c(N)nc(F)nc32)C[C@@H]1O.C#C[C@]1(COC(=O)CCCCCC)O[C@@H](n2cnc3c(N)nc(F)nc32)C[C@@H]1OC(=O)CCCCCC.C#C[C@]1(COC(=O)CCCCCC)O[C@@H](n2cnc3c(NC(=O)CCCCCC)nc(F)nc32)C[C@@H]1OC(=O)CCCCCC.CCCCCCC(=O)O. The molecule has 9 heterocycles. The zero-order valence-corrected chi connectivity index (χ0v) is 65.2. The summed E-state index contributed by atoms with van der Waals surface area (Å²) in [6.45, 7) is 11.4. The number of nitrogens with two attached hydrogens (primary N) is 2. The van der Waals surface area contributed by atoms with Crippen LogP contribution in [0.4, 0.5) is 30.6 Å². The van der Waals surface area contributed by atoms with Gasteiger partial charge in [-0.05, 0) is 38.5 Å². The number of amides is 1. The van der Waals surface area contributed by atoms with Gasteiger partial charge in [-0.3, -0.25) is 42.5 Å². The number of hydrogen-bond donors (Lipinski definition) is 6. The lowest BCUT2D eigenvalue weighted by atomic mass is 9.98. The molecule has 6 aromatic rings. The zero-order chi connectivity index (χ0) is 81.8. The smallest absolute Gasteiger partial charge is 0.312 e. The fourth-order valence-corrected chi connectivity index (χ4v) is 12.7. The number of ether oxygens (including phenoxy) is 7. The summed E-state index contributed by atoms with van der Waals surface area (Å²) in [5, 5.41) is 30.2. The quantitative estimate of drug-likeness (QED) is 0.00682. The van der Waals surface area contributed by atoms with Gasteiger partial charge in [0.05, 0.1) is 25.6 Å². The van der Waals surface area contributed by atoms with Crippen LogP contribution in [0.15, 0.2) is 19.0 Å². The molecule has 3 fully saturated rings. The molecule has 0 aliphatic carbocycles. The molecule has 3 saturated heterocycles. The van der Waals surface area contributed by atoms with E-state index in [0.717, 1.165) is 116 Å². The van der Waals surface area contributed by atoms with Crippen LogP contribution in [0.25, 0.3) is 33.5 Å². The topological polar surface area (TPSA) is 423 Å². The number of carbonyl (C=O) groups excluding carboxylic acids is 5. The molecule has 614 valence electrons. The number of aromatic nitrogens is 12. The molecule has 0 spiro atoms. The number of carboxylic acids is 1. The van der Waals surface area contributed by atoms with Crippen LogP contribution in [-0.4, -0.2) is 165 Å². The predicted octanol–water partition coefficient (Wildman–Crippen LogP) is 12.0. The summed E-state index contributed by atoms with van der Waals surface area (Å²) in [5.74, 6) is 4.49. The molecule has 112 heavy (non-hydrogen) atoms. The molecule has 0 aromatic carbocycles. The van der Waals surface area contributed by atoms with E-state index in [-0.39, 0.29) is 121 Å². The predicted molar refractivity (Wildman–Crippen MR) is 407 cm³/mol. The lowest BCUT2D eigenvalue weighted by Gasteiger charge is -2.28. The van der Waals surface area contributed by atoms with Crippen LogP contribution < -0.4 is 16.8 Å². The number of nitrogen functional groups attached to an aromatic ring is 2. The Bertz CT molecular complexity index is 4160. The Hall–Kier alpha value is -9.66. The molecule has 9 atom stereocenters. The highest BCUT2D eigenvalue weighted by atomic mass is 19.1. The first-order chi connectivity index (χ1) is 53.9. The summed E-state index contributed by atoms with van der Waals surface area (Å²) in [4.78, 5) is 107. The lowest BCUT2D eigenvalue weighted by molar-refractivity contribution is -0.168. The molecule has 34 heteroatoms. The molecule has 9 rings (SSSR count). The van der Waals surface area contributed by atoms with E-state index < -0.39 is 108 Å². The Morgan fingerprint density at radius 3 is 1.17 bits per heavy atom. The molecule has 1 amide bonds. The molecular formula is C78H110F3N15O16. The number of carbonyl (C=O) groups is 6. The van der Waals surface area contributed by atoms with E-state index in [9.17, 15) is 52.2 Å². The van der Waals surface area contributed by atoms with Crippen molar-refractivity contribution in [3.05, 3.63) is 37.2 Å². The highest BCUT2D eigenvalue weighted by Gasteiger charge is 2.54. The molecule has 0 saturated carbocycles. The summed E-state index contributed by atoms with van der Waals surface area (Å²) < 4.78 is 86.8. The number of aliphatic carboxylic acids is 1.